The van der Waals surface area contributed by atoms with Crippen LogP contribution in [0.1, 0.15) is 10.4 Å². The summed E-state index contributed by atoms with van der Waals surface area (Å²) in [5, 5.41) is 8.54. The lowest BCUT2D eigenvalue weighted by Crippen LogP contribution is -2.39. The summed E-state index contributed by atoms with van der Waals surface area (Å²) in [6.07, 6.45) is 1.62. The molecule has 0 saturated carbocycles. The van der Waals surface area contributed by atoms with E-state index in [0.717, 1.165) is 24.5 Å². The number of nitrogens with zero attached hydrogens (tertiary/aromatic N) is 1. The summed E-state index contributed by atoms with van der Waals surface area (Å²) in [7, 11) is 1.74. The fourth-order valence-electron chi connectivity index (χ4n) is 2.00. The van der Waals surface area contributed by atoms with Gasteiger partial charge in [0.2, 0.25) is 0 Å². The zero-order chi connectivity index (χ0) is 14.9. The zero-order valence-corrected chi connectivity index (χ0v) is 15.7. The van der Waals surface area contributed by atoms with E-state index in [1.807, 2.05) is 12.1 Å². The second kappa shape index (κ2) is 10.6. The zero-order valence-electron chi connectivity index (χ0n) is 12.5. The smallest absolute Gasteiger partial charge is 0.190 e. The second-order valence-electron chi connectivity index (χ2n) is 4.60. The van der Waals surface area contributed by atoms with Crippen LogP contribution in [0.15, 0.2) is 46.8 Å². The highest BCUT2D eigenvalue weighted by Gasteiger charge is 2.02. The summed E-state index contributed by atoms with van der Waals surface area (Å²) < 4.78 is 13.5. The van der Waals surface area contributed by atoms with Crippen molar-refractivity contribution in [2.24, 2.45) is 4.99 Å². The highest BCUT2D eigenvalue weighted by atomic mass is 127. The Morgan fingerprint density at radius 2 is 1.82 bits per heavy atom. The summed E-state index contributed by atoms with van der Waals surface area (Å²) >= 11 is 1.76. The monoisotopic (exact) mass is 433 g/mol. The number of benzene rings is 1. The van der Waals surface area contributed by atoms with Crippen molar-refractivity contribution < 1.29 is 4.39 Å². The Hall–Kier alpha value is -1.15. The third kappa shape index (κ3) is 6.31. The molecule has 2 aromatic rings. The number of aliphatic imine (C=N–C) groups is 1. The van der Waals surface area contributed by atoms with E-state index < -0.39 is 0 Å². The van der Waals surface area contributed by atoms with Crippen molar-refractivity contribution in [3.05, 3.63) is 58.0 Å². The summed E-state index contributed by atoms with van der Waals surface area (Å²) in [5.41, 5.74) is 0.721. The molecule has 0 aliphatic rings. The van der Waals surface area contributed by atoms with Gasteiger partial charge in [0.25, 0.3) is 0 Å². The van der Waals surface area contributed by atoms with Gasteiger partial charge in [-0.25, -0.2) is 4.39 Å². The minimum Gasteiger partial charge on any atom is -0.356 e. The van der Waals surface area contributed by atoms with E-state index in [1.54, 1.807) is 24.5 Å². The standard InChI is InChI=1S/C16H20FN3S.HI/c1-18-16(20-11-9-14-6-4-12-21-14)19-10-8-13-5-2-3-7-15(13)17;/h2-7,12H,8-11H2,1H3,(H2,18,19,20);1H. The molecule has 0 radical (unpaired) electrons. The highest BCUT2D eigenvalue weighted by Crippen LogP contribution is 2.08. The summed E-state index contributed by atoms with van der Waals surface area (Å²) in [5.74, 6) is 0.600. The van der Waals surface area contributed by atoms with E-state index in [1.165, 1.54) is 10.9 Å². The topological polar surface area (TPSA) is 36.4 Å². The van der Waals surface area contributed by atoms with Crippen LogP contribution in [0, 0.1) is 5.82 Å². The van der Waals surface area contributed by atoms with Gasteiger partial charge in [-0.05, 0) is 35.9 Å². The lowest BCUT2D eigenvalue weighted by molar-refractivity contribution is 0.606. The molecule has 0 amide bonds. The van der Waals surface area contributed by atoms with Crippen molar-refractivity contribution >= 4 is 41.3 Å². The normalized spacial score (nSPS) is 10.9. The van der Waals surface area contributed by atoms with Gasteiger partial charge in [0, 0.05) is 25.0 Å². The van der Waals surface area contributed by atoms with Gasteiger partial charge >= 0.3 is 0 Å². The Labute approximate surface area is 152 Å². The molecule has 0 bridgehead atoms. The van der Waals surface area contributed by atoms with E-state index in [9.17, 15) is 4.39 Å². The predicted octanol–water partition coefficient (Wildman–Crippen LogP) is 3.46. The van der Waals surface area contributed by atoms with Crippen LogP contribution < -0.4 is 10.6 Å². The Bertz CT molecular complexity index is 573. The molecule has 1 aromatic carbocycles. The molecular formula is C16H21FIN3S. The first-order valence-corrected chi connectivity index (χ1v) is 7.88. The number of rotatable bonds is 6. The highest BCUT2D eigenvalue weighted by molar-refractivity contribution is 14.0. The molecule has 1 heterocycles. The summed E-state index contributed by atoms with van der Waals surface area (Å²) in [4.78, 5) is 5.52. The largest absolute Gasteiger partial charge is 0.356 e. The van der Waals surface area contributed by atoms with Gasteiger partial charge in [0.05, 0.1) is 0 Å². The quantitative estimate of drug-likeness (QED) is 0.416. The molecule has 120 valence electrons. The maximum absolute atomic E-state index is 13.5. The van der Waals surface area contributed by atoms with E-state index >= 15 is 0 Å². The van der Waals surface area contributed by atoms with Crippen LogP contribution in [0.25, 0.3) is 0 Å². The molecule has 2 N–H and O–H groups in total. The third-order valence-electron chi connectivity index (χ3n) is 3.11. The second-order valence-corrected chi connectivity index (χ2v) is 5.63. The van der Waals surface area contributed by atoms with Crippen molar-refractivity contribution in [2.75, 3.05) is 20.1 Å². The van der Waals surface area contributed by atoms with Gasteiger partial charge in [0.15, 0.2) is 5.96 Å². The Morgan fingerprint density at radius 3 is 2.45 bits per heavy atom. The molecule has 3 nitrogen and oxygen atoms in total. The summed E-state index contributed by atoms with van der Waals surface area (Å²) in [6.45, 7) is 1.49. The van der Waals surface area contributed by atoms with Gasteiger partial charge in [-0.15, -0.1) is 35.3 Å². The maximum atomic E-state index is 13.5. The summed E-state index contributed by atoms with van der Waals surface area (Å²) in [6, 6.07) is 11.0. The van der Waals surface area contributed by atoms with E-state index in [0.29, 0.717) is 13.0 Å². The van der Waals surface area contributed by atoms with Gasteiger partial charge in [-0.3, -0.25) is 4.99 Å². The Morgan fingerprint density at radius 1 is 1.09 bits per heavy atom. The van der Waals surface area contributed by atoms with Crippen molar-refractivity contribution in [1.29, 1.82) is 0 Å². The molecule has 0 saturated heterocycles. The number of nitrogens with one attached hydrogen (secondary N) is 2. The third-order valence-corrected chi connectivity index (χ3v) is 4.05. The fourth-order valence-corrected chi connectivity index (χ4v) is 2.71. The molecule has 0 fully saturated rings. The molecule has 22 heavy (non-hydrogen) atoms. The van der Waals surface area contributed by atoms with Gasteiger partial charge in [0.1, 0.15) is 5.82 Å². The Balaban J connectivity index is 0.00000242. The fraction of sp³-hybridized carbons (Fsp3) is 0.312. The molecule has 6 heteroatoms. The van der Waals surface area contributed by atoms with Crippen LogP contribution in [0.3, 0.4) is 0 Å². The van der Waals surface area contributed by atoms with Crippen LogP contribution in [0.5, 0.6) is 0 Å². The van der Waals surface area contributed by atoms with Crippen LogP contribution >= 0.6 is 35.3 Å². The van der Waals surface area contributed by atoms with Gasteiger partial charge in [-0.2, -0.15) is 0 Å². The first-order valence-electron chi connectivity index (χ1n) is 7.00. The van der Waals surface area contributed by atoms with Crippen LogP contribution in [0.4, 0.5) is 4.39 Å². The number of halogens is 2. The lowest BCUT2D eigenvalue weighted by atomic mass is 10.1. The number of guanidine groups is 1. The molecule has 0 atom stereocenters. The minimum absolute atomic E-state index is 0. The molecular weight excluding hydrogens is 412 g/mol. The lowest BCUT2D eigenvalue weighted by Gasteiger charge is -2.11. The molecule has 0 spiro atoms. The van der Waals surface area contributed by atoms with Crippen molar-refractivity contribution in [1.82, 2.24) is 10.6 Å². The predicted molar refractivity (Wildman–Crippen MR) is 103 cm³/mol. The molecule has 2 rings (SSSR count). The van der Waals surface area contributed by atoms with Crippen molar-refractivity contribution in [3.8, 4) is 0 Å². The molecule has 1 aromatic heterocycles. The van der Waals surface area contributed by atoms with E-state index in [-0.39, 0.29) is 29.8 Å². The van der Waals surface area contributed by atoms with Gasteiger partial charge < -0.3 is 10.6 Å². The van der Waals surface area contributed by atoms with E-state index in [4.69, 9.17) is 0 Å². The van der Waals surface area contributed by atoms with Crippen molar-refractivity contribution in [2.45, 2.75) is 12.8 Å². The average molecular weight is 433 g/mol. The number of hydrogen-bond donors (Lipinski definition) is 2. The maximum Gasteiger partial charge on any atom is 0.190 e. The number of hydrogen-bond acceptors (Lipinski definition) is 2. The average Bonchev–Trinajstić information content (AvgIpc) is 3.01. The van der Waals surface area contributed by atoms with Crippen molar-refractivity contribution in [3.63, 3.8) is 0 Å². The Kier molecular flexibility index (Phi) is 9.07. The van der Waals surface area contributed by atoms with Crippen LogP contribution in [0.2, 0.25) is 0 Å². The number of thiophene rings is 1. The first-order chi connectivity index (χ1) is 10.3. The van der Waals surface area contributed by atoms with Gasteiger partial charge in [-0.1, -0.05) is 24.3 Å². The molecule has 0 unspecified atom stereocenters. The van der Waals surface area contributed by atoms with E-state index in [2.05, 4.69) is 33.1 Å². The first kappa shape index (κ1) is 18.9. The van der Waals surface area contributed by atoms with Crippen LogP contribution in [-0.2, 0) is 12.8 Å². The molecule has 0 aliphatic heterocycles. The minimum atomic E-state index is -0.153. The van der Waals surface area contributed by atoms with Crippen LogP contribution in [-0.4, -0.2) is 26.1 Å². The molecule has 0 aliphatic carbocycles. The SMILES string of the molecule is CN=C(NCCc1cccs1)NCCc1ccccc1F.I.